The third-order valence-electron chi connectivity index (χ3n) is 2.11. The van der Waals surface area contributed by atoms with Crippen molar-refractivity contribution in [2.75, 3.05) is 26.7 Å². The average Bonchev–Trinajstić information content (AvgIpc) is 2.05. The van der Waals surface area contributed by atoms with Crippen LogP contribution < -0.4 is 10.6 Å². The lowest BCUT2D eigenvalue weighted by Crippen LogP contribution is -2.46. The monoisotopic (exact) mass is 144 g/mol. The first-order chi connectivity index (χ1) is 4.86. The average molecular weight is 144 g/mol. The van der Waals surface area contributed by atoms with E-state index in [-0.39, 0.29) is 0 Å². The SMILES string of the molecule is CNC1CNCC(CO)C1. The maximum absolute atomic E-state index is 8.84. The van der Waals surface area contributed by atoms with Crippen molar-refractivity contribution in [2.24, 2.45) is 5.92 Å². The van der Waals surface area contributed by atoms with Crippen LogP contribution in [0.5, 0.6) is 0 Å². The Bertz CT molecular complexity index is 87.6. The number of hydrogen-bond donors (Lipinski definition) is 3. The standard InChI is InChI=1S/C7H16N2O/c1-8-7-2-6(5-10)3-9-4-7/h6-10H,2-5H2,1H3. The van der Waals surface area contributed by atoms with Crippen LogP contribution >= 0.6 is 0 Å². The summed E-state index contributed by atoms with van der Waals surface area (Å²) in [5, 5.41) is 15.3. The smallest absolute Gasteiger partial charge is 0.0471 e. The molecule has 1 fully saturated rings. The van der Waals surface area contributed by atoms with E-state index in [1.54, 1.807) is 0 Å². The van der Waals surface area contributed by atoms with Gasteiger partial charge in [-0.3, -0.25) is 0 Å². The summed E-state index contributed by atoms with van der Waals surface area (Å²) in [4.78, 5) is 0. The molecule has 0 bridgehead atoms. The molecule has 1 aliphatic rings. The second-order valence-electron chi connectivity index (χ2n) is 2.93. The van der Waals surface area contributed by atoms with E-state index in [1.807, 2.05) is 7.05 Å². The summed E-state index contributed by atoms with van der Waals surface area (Å²) in [5.74, 6) is 0.450. The minimum Gasteiger partial charge on any atom is -0.396 e. The molecule has 0 aromatic heterocycles. The molecule has 0 saturated carbocycles. The molecule has 60 valence electrons. The summed E-state index contributed by atoms with van der Waals surface area (Å²) in [6.07, 6.45) is 1.10. The number of hydrogen-bond acceptors (Lipinski definition) is 3. The molecule has 1 aliphatic heterocycles. The Hall–Kier alpha value is -0.120. The van der Waals surface area contributed by atoms with Crippen molar-refractivity contribution in [3.63, 3.8) is 0 Å². The van der Waals surface area contributed by atoms with Gasteiger partial charge in [-0.15, -0.1) is 0 Å². The van der Waals surface area contributed by atoms with Crippen LogP contribution in [0.2, 0.25) is 0 Å². The molecule has 0 spiro atoms. The van der Waals surface area contributed by atoms with E-state index in [4.69, 9.17) is 5.11 Å². The number of nitrogens with one attached hydrogen (secondary N) is 2. The van der Waals surface area contributed by atoms with Crippen LogP contribution in [0.25, 0.3) is 0 Å². The largest absolute Gasteiger partial charge is 0.396 e. The van der Waals surface area contributed by atoms with Crippen LogP contribution in [0, 0.1) is 5.92 Å². The lowest BCUT2D eigenvalue weighted by molar-refractivity contribution is 0.184. The van der Waals surface area contributed by atoms with Gasteiger partial charge in [0.05, 0.1) is 0 Å². The number of aliphatic hydroxyl groups excluding tert-OH is 1. The maximum Gasteiger partial charge on any atom is 0.0471 e. The molecule has 3 heteroatoms. The molecule has 2 unspecified atom stereocenters. The van der Waals surface area contributed by atoms with E-state index in [1.165, 1.54) is 0 Å². The number of likely N-dealkylation sites (N-methyl/N-ethyl adjacent to an activating group) is 1. The summed E-state index contributed by atoms with van der Waals surface area (Å²) in [6.45, 7) is 2.31. The highest BCUT2D eigenvalue weighted by molar-refractivity contribution is 4.79. The lowest BCUT2D eigenvalue weighted by Gasteiger charge is -2.28. The van der Waals surface area contributed by atoms with Crippen molar-refractivity contribution >= 4 is 0 Å². The zero-order chi connectivity index (χ0) is 7.40. The molecular formula is C7H16N2O. The Morgan fingerprint density at radius 3 is 3.00 bits per heavy atom. The first kappa shape index (κ1) is 7.98. The normalized spacial score (nSPS) is 34.2. The molecule has 1 heterocycles. The van der Waals surface area contributed by atoms with Crippen molar-refractivity contribution in [3.05, 3.63) is 0 Å². The summed E-state index contributed by atoms with van der Waals surface area (Å²) in [7, 11) is 1.96. The predicted octanol–water partition coefficient (Wildman–Crippen LogP) is -0.824. The topological polar surface area (TPSA) is 44.3 Å². The minimum atomic E-state index is 0.311. The molecule has 2 atom stereocenters. The van der Waals surface area contributed by atoms with Crippen LogP contribution in [0.1, 0.15) is 6.42 Å². The van der Waals surface area contributed by atoms with E-state index >= 15 is 0 Å². The highest BCUT2D eigenvalue weighted by Gasteiger charge is 2.18. The van der Waals surface area contributed by atoms with Crippen LogP contribution in [0.4, 0.5) is 0 Å². The van der Waals surface area contributed by atoms with Gasteiger partial charge in [0.25, 0.3) is 0 Å². The fourth-order valence-electron chi connectivity index (χ4n) is 1.39. The first-order valence-corrected chi connectivity index (χ1v) is 3.85. The van der Waals surface area contributed by atoms with Gasteiger partial charge in [0.2, 0.25) is 0 Å². The van der Waals surface area contributed by atoms with E-state index in [2.05, 4.69) is 10.6 Å². The van der Waals surface area contributed by atoms with E-state index in [0.29, 0.717) is 18.6 Å². The van der Waals surface area contributed by atoms with Crippen molar-refractivity contribution in [1.29, 1.82) is 0 Å². The molecule has 0 aliphatic carbocycles. The fourth-order valence-corrected chi connectivity index (χ4v) is 1.39. The number of rotatable bonds is 2. The second kappa shape index (κ2) is 3.91. The van der Waals surface area contributed by atoms with E-state index < -0.39 is 0 Å². The Morgan fingerprint density at radius 2 is 2.40 bits per heavy atom. The first-order valence-electron chi connectivity index (χ1n) is 3.85. The molecule has 3 N–H and O–H groups in total. The summed E-state index contributed by atoms with van der Waals surface area (Å²) in [5.41, 5.74) is 0. The molecule has 3 nitrogen and oxygen atoms in total. The van der Waals surface area contributed by atoms with Crippen LogP contribution in [-0.4, -0.2) is 37.9 Å². The fraction of sp³-hybridized carbons (Fsp3) is 1.00. The molecule has 0 aromatic carbocycles. The molecule has 1 rings (SSSR count). The Balaban J connectivity index is 2.25. The minimum absolute atomic E-state index is 0.311. The third kappa shape index (κ3) is 1.94. The van der Waals surface area contributed by atoms with Gasteiger partial charge < -0.3 is 15.7 Å². The highest BCUT2D eigenvalue weighted by Crippen LogP contribution is 2.08. The second-order valence-corrected chi connectivity index (χ2v) is 2.93. The number of piperidine rings is 1. The molecule has 0 aromatic rings. The van der Waals surface area contributed by atoms with Gasteiger partial charge in [-0.2, -0.15) is 0 Å². The Kier molecular flexibility index (Phi) is 3.12. The summed E-state index contributed by atoms with van der Waals surface area (Å²) in [6, 6.07) is 0.547. The van der Waals surface area contributed by atoms with E-state index in [0.717, 1.165) is 19.5 Å². The van der Waals surface area contributed by atoms with E-state index in [9.17, 15) is 0 Å². The predicted molar refractivity (Wildman–Crippen MR) is 40.9 cm³/mol. The quantitative estimate of drug-likeness (QED) is 0.474. The van der Waals surface area contributed by atoms with Gasteiger partial charge in [-0.1, -0.05) is 0 Å². The van der Waals surface area contributed by atoms with Gasteiger partial charge >= 0.3 is 0 Å². The van der Waals surface area contributed by atoms with Gasteiger partial charge in [0.1, 0.15) is 0 Å². The number of aliphatic hydroxyl groups is 1. The Morgan fingerprint density at radius 1 is 1.60 bits per heavy atom. The van der Waals surface area contributed by atoms with Gasteiger partial charge in [0, 0.05) is 25.7 Å². The van der Waals surface area contributed by atoms with Crippen LogP contribution in [0.15, 0.2) is 0 Å². The van der Waals surface area contributed by atoms with Gasteiger partial charge in [-0.25, -0.2) is 0 Å². The molecule has 0 radical (unpaired) electrons. The van der Waals surface area contributed by atoms with Crippen molar-refractivity contribution < 1.29 is 5.11 Å². The van der Waals surface area contributed by atoms with Crippen molar-refractivity contribution in [2.45, 2.75) is 12.5 Å². The molecule has 1 saturated heterocycles. The lowest BCUT2D eigenvalue weighted by atomic mass is 9.97. The molecule has 10 heavy (non-hydrogen) atoms. The Labute approximate surface area is 61.8 Å². The third-order valence-corrected chi connectivity index (χ3v) is 2.11. The zero-order valence-electron chi connectivity index (χ0n) is 6.43. The van der Waals surface area contributed by atoms with Crippen molar-refractivity contribution in [3.8, 4) is 0 Å². The maximum atomic E-state index is 8.84. The van der Waals surface area contributed by atoms with Crippen LogP contribution in [-0.2, 0) is 0 Å². The highest BCUT2D eigenvalue weighted by atomic mass is 16.3. The van der Waals surface area contributed by atoms with Crippen LogP contribution in [0.3, 0.4) is 0 Å². The van der Waals surface area contributed by atoms with Gasteiger partial charge in [0.15, 0.2) is 0 Å². The van der Waals surface area contributed by atoms with Crippen molar-refractivity contribution in [1.82, 2.24) is 10.6 Å². The molecular weight excluding hydrogens is 128 g/mol. The summed E-state index contributed by atoms with van der Waals surface area (Å²) >= 11 is 0. The molecule has 0 amide bonds. The summed E-state index contributed by atoms with van der Waals surface area (Å²) < 4.78 is 0. The zero-order valence-corrected chi connectivity index (χ0v) is 6.43. The van der Waals surface area contributed by atoms with Gasteiger partial charge in [-0.05, 0) is 19.4 Å².